The number of pyridine rings is 2. The van der Waals surface area contributed by atoms with E-state index in [-0.39, 0.29) is 17.3 Å². The number of aromatic carboxylic acids is 1. The molecule has 10 heteroatoms. The van der Waals surface area contributed by atoms with E-state index < -0.39 is 23.2 Å². The number of nitrogens with zero attached hydrogens (tertiary/aromatic N) is 4. The van der Waals surface area contributed by atoms with Gasteiger partial charge in [-0.15, -0.1) is 0 Å². The highest BCUT2D eigenvalue weighted by Crippen LogP contribution is 2.34. The van der Waals surface area contributed by atoms with Crippen LogP contribution >= 0.6 is 0 Å². The summed E-state index contributed by atoms with van der Waals surface area (Å²) in [6.07, 6.45) is 5.74. The number of aromatic nitrogens is 3. The van der Waals surface area contributed by atoms with Gasteiger partial charge in [-0.3, -0.25) is 14.3 Å². The van der Waals surface area contributed by atoms with Crippen molar-refractivity contribution in [3.63, 3.8) is 0 Å². The zero-order valence-corrected chi connectivity index (χ0v) is 22.1. The number of halogens is 2. The summed E-state index contributed by atoms with van der Waals surface area (Å²) >= 11 is 0. The Bertz CT molecular complexity index is 1680. The van der Waals surface area contributed by atoms with Crippen LogP contribution in [0.4, 0.5) is 14.5 Å². The summed E-state index contributed by atoms with van der Waals surface area (Å²) < 4.78 is 32.7. The van der Waals surface area contributed by atoms with Crippen molar-refractivity contribution in [3.05, 3.63) is 93.2 Å². The van der Waals surface area contributed by atoms with Gasteiger partial charge in [0, 0.05) is 62.3 Å². The number of benzene rings is 1. The Morgan fingerprint density at radius 1 is 1.21 bits per heavy atom. The molecule has 0 bridgehead atoms. The molecule has 0 spiro atoms. The van der Waals surface area contributed by atoms with Crippen LogP contribution in [0.2, 0.25) is 0 Å². The van der Waals surface area contributed by atoms with Gasteiger partial charge < -0.3 is 15.0 Å². The molecule has 0 saturated carbocycles. The molecular weight excluding hydrogens is 504 g/mol. The highest BCUT2D eigenvalue weighted by atomic mass is 19.1. The molecule has 5 rings (SSSR count). The zero-order valence-electron chi connectivity index (χ0n) is 22.1. The smallest absolute Gasteiger partial charge is 0.335 e. The lowest BCUT2D eigenvalue weighted by Gasteiger charge is -2.32. The molecule has 2 N–H and O–H groups in total. The molecule has 0 amide bonds. The summed E-state index contributed by atoms with van der Waals surface area (Å²) in [5.74, 6) is -2.53. The minimum Gasteiger partial charge on any atom is -0.478 e. The van der Waals surface area contributed by atoms with Gasteiger partial charge in [0.05, 0.1) is 16.9 Å². The van der Waals surface area contributed by atoms with Gasteiger partial charge >= 0.3 is 5.97 Å². The topological polar surface area (TPSA) is 92.4 Å². The molecule has 1 aliphatic rings. The first kappa shape index (κ1) is 26.3. The zero-order chi connectivity index (χ0) is 28.0. The maximum atomic E-state index is 14.8. The number of nitrogens with one attached hydrogen (secondary N) is 1. The van der Waals surface area contributed by atoms with Crippen molar-refractivity contribution in [2.24, 2.45) is 7.05 Å². The van der Waals surface area contributed by atoms with Gasteiger partial charge in [-0.1, -0.05) is 6.08 Å². The van der Waals surface area contributed by atoms with Crippen LogP contribution in [0.5, 0.6) is 0 Å². The van der Waals surface area contributed by atoms with Gasteiger partial charge in [0.25, 0.3) is 5.56 Å². The van der Waals surface area contributed by atoms with Crippen molar-refractivity contribution in [1.29, 1.82) is 0 Å². The van der Waals surface area contributed by atoms with E-state index in [4.69, 9.17) is 0 Å². The van der Waals surface area contributed by atoms with Crippen LogP contribution in [0, 0.1) is 18.6 Å². The molecular formula is C29H29F2N5O3. The number of aryl methyl sites for hydroxylation is 2. The van der Waals surface area contributed by atoms with Crippen LogP contribution in [-0.4, -0.2) is 50.2 Å². The van der Waals surface area contributed by atoms with E-state index in [0.29, 0.717) is 42.0 Å². The molecule has 0 radical (unpaired) electrons. The molecule has 39 heavy (non-hydrogen) atoms. The second-order valence-electron chi connectivity index (χ2n) is 9.77. The fraction of sp³-hybridized carbons (Fsp3) is 0.276. The van der Waals surface area contributed by atoms with Crippen LogP contribution < -0.4 is 10.9 Å². The lowest BCUT2D eigenvalue weighted by molar-refractivity contribution is 0.0696. The van der Waals surface area contributed by atoms with Crippen LogP contribution in [0.1, 0.15) is 46.6 Å². The van der Waals surface area contributed by atoms with Gasteiger partial charge in [0.1, 0.15) is 11.5 Å². The maximum absolute atomic E-state index is 14.8. The van der Waals surface area contributed by atoms with Crippen molar-refractivity contribution < 1.29 is 18.7 Å². The second-order valence-corrected chi connectivity index (χ2v) is 9.77. The normalized spacial score (nSPS) is 14.9. The Kier molecular flexibility index (Phi) is 6.82. The summed E-state index contributed by atoms with van der Waals surface area (Å²) in [5, 5.41) is 12.6. The molecule has 0 aliphatic carbocycles. The molecule has 3 aromatic heterocycles. The first-order valence-electron chi connectivity index (χ1n) is 12.6. The summed E-state index contributed by atoms with van der Waals surface area (Å²) in [6.45, 7) is 5.05. The number of carboxylic acid groups (broad SMARTS) is 1. The molecule has 1 aliphatic heterocycles. The number of fused-ring (bicyclic) bond motifs is 1. The van der Waals surface area contributed by atoms with E-state index in [0.717, 1.165) is 22.7 Å². The van der Waals surface area contributed by atoms with E-state index in [1.165, 1.54) is 16.7 Å². The molecule has 0 fully saturated rings. The Morgan fingerprint density at radius 2 is 1.97 bits per heavy atom. The Labute approximate surface area is 223 Å². The van der Waals surface area contributed by atoms with Crippen molar-refractivity contribution in [2.75, 3.05) is 25.5 Å². The molecule has 0 unspecified atom stereocenters. The van der Waals surface area contributed by atoms with Crippen molar-refractivity contribution in [3.8, 4) is 5.69 Å². The standard InChI is InChI=1S/C29H29F2N5O3/c1-16-13-19(29(38)39)14-21(30)25(16)18-6-10-35(11-7-18)17(2)24-15-20-23(5-9-33-27(20)34(24)4)36-12-8-22(32-3)26(31)28(36)37/h5-6,8-9,12-15,17,32H,7,10-11H2,1-4H3,(H,38,39)/t17-/m0/s1. The van der Waals surface area contributed by atoms with E-state index in [1.54, 1.807) is 32.4 Å². The summed E-state index contributed by atoms with van der Waals surface area (Å²) in [4.78, 5) is 30.8. The highest BCUT2D eigenvalue weighted by Gasteiger charge is 2.25. The maximum Gasteiger partial charge on any atom is 0.335 e. The van der Waals surface area contributed by atoms with Gasteiger partial charge in [-0.25, -0.2) is 14.2 Å². The third-order valence-electron chi connectivity index (χ3n) is 7.58. The Hall–Kier alpha value is -4.31. The van der Waals surface area contributed by atoms with Gasteiger partial charge in [-0.05, 0) is 61.7 Å². The fourth-order valence-corrected chi connectivity index (χ4v) is 5.45. The highest BCUT2D eigenvalue weighted by molar-refractivity contribution is 5.89. The monoisotopic (exact) mass is 533 g/mol. The lowest BCUT2D eigenvalue weighted by Crippen LogP contribution is -2.32. The predicted molar refractivity (Wildman–Crippen MR) is 146 cm³/mol. The third-order valence-corrected chi connectivity index (χ3v) is 7.58. The predicted octanol–water partition coefficient (Wildman–Crippen LogP) is 4.90. The average Bonchev–Trinajstić information content (AvgIpc) is 3.26. The molecule has 202 valence electrons. The van der Waals surface area contributed by atoms with Crippen molar-refractivity contribution >= 4 is 28.3 Å². The van der Waals surface area contributed by atoms with E-state index in [1.807, 2.05) is 23.8 Å². The number of hydrogen-bond acceptors (Lipinski definition) is 5. The van der Waals surface area contributed by atoms with E-state index in [2.05, 4.69) is 22.1 Å². The van der Waals surface area contributed by atoms with Gasteiger partial charge in [0.15, 0.2) is 0 Å². The van der Waals surface area contributed by atoms with E-state index >= 15 is 0 Å². The van der Waals surface area contributed by atoms with Gasteiger partial charge in [-0.2, -0.15) is 4.39 Å². The van der Waals surface area contributed by atoms with Crippen LogP contribution in [0.15, 0.2) is 53.6 Å². The third kappa shape index (κ3) is 4.50. The minimum atomic E-state index is -1.15. The van der Waals surface area contributed by atoms with Gasteiger partial charge in [0.2, 0.25) is 5.82 Å². The van der Waals surface area contributed by atoms with Crippen LogP contribution in [0.3, 0.4) is 0 Å². The van der Waals surface area contributed by atoms with Crippen molar-refractivity contribution in [2.45, 2.75) is 26.3 Å². The Morgan fingerprint density at radius 3 is 2.62 bits per heavy atom. The number of rotatable bonds is 6. The minimum absolute atomic E-state index is 0.0321. The second kappa shape index (κ2) is 10.1. The quantitative estimate of drug-likeness (QED) is 0.366. The van der Waals surface area contributed by atoms with Crippen molar-refractivity contribution in [1.82, 2.24) is 19.0 Å². The SMILES string of the molecule is CNc1ccn(-c2ccnc3c2cc([C@H](C)N2CC=C(c4c(C)cc(C(=O)O)cc4F)CC2)n3C)c(=O)c1F. The lowest BCUT2D eigenvalue weighted by atomic mass is 9.93. The Balaban J connectivity index is 1.46. The number of carbonyl (C=O) groups is 1. The van der Waals surface area contributed by atoms with E-state index in [9.17, 15) is 23.5 Å². The average molecular weight is 534 g/mol. The summed E-state index contributed by atoms with van der Waals surface area (Å²) in [6, 6.07) is 7.73. The number of hydrogen-bond donors (Lipinski definition) is 2. The molecule has 4 aromatic rings. The van der Waals surface area contributed by atoms with Crippen LogP contribution in [-0.2, 0) is 7.05 Å². The first-order valence-corrected chi connectivity index (χ1v) is 12.6. The molecule has 1 aromatic carbocycles. The number of carboxylic acids is 1. The molecule has 8 nitrogen and oxygen atoms in total. The first-order chi connectivity index (χ1) is 18.6. The summed E-state index contributed by atoms with van der Waals surface area (Å²) in [7, 11) is 3.47. The molecule has 4 heterocycles. The fourth-order valence-electron chi connectivity index (χ4n) is 5.45. The number of anilines is 1. The van der Waals surface area contributed by atoms with Crippen LogP contribution in [0.25, 0.3) is 22.3 Å². The largest absolute Gasteiger partial charge is 0.478 e. The summed E-state index contributed by atoms with van der Waals surface area (Å²) in [5.41, 5.74) is 3.42. The molecule has 1 atom stereocenters. The molecule has 0 saturated heterocycles.